The van der Waals surface area contributed by atoms with Gasteiger partial charge in [-0.05, 0) is 5.56 Å². The number of nitrogens with one attached hydrogen (secondary N) is 1. The van der Waals surface area contributed by atoms with Gasteiger partial charge < -0.3 is 9.94 Å². The summed E-state index contributed by atoms with van der Waals surface area (Å²) in [4.78, 5) is 15.6. The fourth-order valence-corrected chi connectivity index (χ4v) is 1.71. The fraction of sp³-hybridized carbons (Fsp3) is 0.154. The molecule has 104 valence electrons. The molecule has 20 heavy (non-hydrogen) atoms. The third kappa shape index (κ3) is 2.97. The van der Waals surface area contributed by atoms with Crippen LogP contribution in [-0.2, 0) is 17.2 Å². The van der Waals surface area contributed by atoms with Crippen molar-refractivity contribution in [2.24, 2.45) is 0 Å². The largest absolute Gasteiger partial charge is 0.456 e. The van der Waals surface area contributed by atoms with Gasteiger partial charge in [-0.15, -0.1) is 11.6 Å². The quantitative estimate of drug-likeness (QED) is 0.510. The highest BCUT2D eigenvalue weighted by atomic mass is 35.5. The van der Waals surface area contributed by atoms with Gasteiger partial charge in [0.2, 0.25) is 0 Å². The van der Waals surface area contributed by atoms with Crippen LogP contribution in [0.2, 0.25) is 0 Å². The molecule has 1 aromatic carbocycles. The number of esters is 1. The summed E-state index contributed by atoms with van der Waals surface area (Å²) in [6, 6.07) is 9.13. The molecule has 2 rings (SSSR count). The Balaban J connectivity index is 2.14. The molecule has 0 unspecified atom stereocenters. The maximum atomic E-state index is 11.8. The zero-order valence-corrected chi connectivity index (χ0v) is 11.2. The molecule has 1 aromatic heterocycles. The molecule has 0 atom stereocenters. The number of carbonyl (C=O) groups excluding carboxylic acids is 1. The van der Waals surface area contributed by atoms with Crippen molar-refractivity contribution in [3.63, 3.8) is 0 Å². The van der Waals surface area contributed by atoms with Crippen molar-refractivity contribution in [3.8, 4) is 0 Å². The maximum Gasteiger partial charge on any atom is 0.361 e. The van der Waals surface area contributed by atoms with Crippen LogP contribution in [0.3, 0.4) is 0 Å². The predicted molar refractivity (Wildman–Crippen MR) is 70.4 cm³/mol. The normalized spacial score (nSPS) is 10.2. The Morgan fingerprint density at radius 1 is 1.40 bits per heavy atom. The Kier molecular flexibility index (Phi) is 4.37. The Morgan fingerprint density at radius 3 is 2.75 bits per heavy atom. The lowest BCUT2D eigenvalue weighted by Gasteiger charge is -2.08. The number of alkyl halides is 1. The molecule has 6 nitrogen and oxygen atoms in total. The van der Waals surface area contributed by atoms with Gasteiger partial charge in [0, 0.05) is 0 Å². The molecule has 1 heterocycles. The van der Waals surface area contributed by atoms with E-state index in [2.05, 4.69) is 4.98 Å². The molecule has 0 aliphatic heterocycles. The van der Waals surface area contributed by atoms with Crippen molar-refractivity contribution in [2.75, 3.05) is 0 Å². The van der Waals surface area contributed by atoms with Gasteiger partial charge in [-0.25, -0.2) is 9.78 Å². The summed E-state index contributed by atoms with van der Waals surface area (Å²) in [7, 11) is 0. The van der Waals surface area contributed by atoms with Crippen LogP contribution in [0.5, 0.6) is 0 Å². The lowest BCUT2D eigenvalue weighted by molar-refractivity contribution is 0.0454. The Morgan fingerprint density at radius 2 is 2.10 bits per heavy atom. The highest BCUT2D eigenvalue weighted by Crippen LogP contribution is 2.03. The second kappa shape index (κ2) is 6.21. The first-order valence-electron chi connectivity index (χ1n) is 5.75. The number of benzene rings is 1. The molecule has 0 amide bonds. The second-order valence-electron chi connectivity index (χ2n) is 3.95. The minimum atomic E-state index is -0.775. The molecule has 0 saturated carbocycles. The van der Waals surface area contributed by atoms with Gasteiger partial charge >= 0.3 is 5.97 Å². The van der Waals surface area contributed by atoms with Crippen LogP contribution >= 0.6 is 11.6 Å². The van der Waals surface area contributed by atoms with Gasteiger partial charge in [0.1, 0.15) is 6.61 Å². The molecule has 0 bridgehead atoms. The molecule has 0 aliphatic carbocycles. The van der Waals surface area contributed by atoms with Gasteiger partial charge in [0.05, 0.1) is 17.8 Å². The first-order valence-corrected chi connectivity index (χ1v) is 6.28. The summed E-state index contributed by atoms with van der Waals surface area (Å²) < 4.78 is 5.56. The van der Waals surface area contributed by atoms with E-state index in [4.69, 9.17) is 21.7 Å². The van der Waals surface area contributed by atoms with Gasteiger partial charge in [-0.1, -0.05) is 30.3 Å². The molecule has 2 aromatic rings. The number of hydrogen-bond donors (Lipinski definition) is 2. The van der Waals surface area contributed by atoms with Crippen molar-refractivity contribution in [3.05, 3.63) is 59.0 Å². The maximum absolute atomic E-state index is 11.8. The minimum Gasteiger partial charge on any atom is -0.456 e. The Hall–Kier alpha value is -2.34. The minimum absolute atomic E-state index is 0.0191. The lowest BCUT2D eigenvalue weighted by atomic mass is 10.2. The molecule has 0 radical (unpaired) electrons. The molecule has 7 heteroatoms. The molecule has 0 aliphatic rings. The van der Waals surface area contributed by atoms with Crippen LogP contribution in [0.25, 0.3) is 0 Å². The van der Waals surface area contributed by atoms with E-state index in [0.717, 1.165) is 5.56 Å². The zero-order valence-electron chi connectivity index (χ0n) is 10.4. The van der Waals surface area contributed by atoms with Crippen LogP contribution in [0, 0.1) is 5.41 Å². The summed E-state index contributed by atoms with van der Waals surface area (Å²) in [5.41, 5.74) is 0.316. The van der Waals surface area contributed by atoms with Crippen LogP contribution in [0.4, 0.5) is 0 Å². The van der Waals surface area contributed by atoms with Crippen molar-refractivity contribution < 1.29 is 14.7 Å². The number of halogens is 1. The van der Waals surface area contributed by atoms with Crippen molar-refractivity contribution in [1.82, 2.24) is 9.71 Å². The second-order valence-corrected chi connectivity index (χ2v) is 4.22. The van der Waals surface area contributed by atoms with Crippen molar-refractivity contribution in [2.45, 2.75) is 12.5 Å². The fourth-order valence-electron chi connectivity index (χ4n) is 1.53. The topological polar surface area (TPSA) is 88.2 Å². The average Bonchev–Trinajstić information content (AvgIpc) is 2.48. The third-order valence-corrected chi connectivity index (χ3v) is 2.87. The lowest BCUT2D eigenvalue weighted by Crippen LogP contribution is -2.29. The summed E-state index contributed by atoms with van der Waals surface area (Å²) in [6.07, 6.45) is 1.23. The molecule has 0 spiro atoms. The highest BCUT2D eigenvalue weighted by molar-refractivity contribution is 6.16. The van der Waals surface area contributed by atoms with Crippen LogP contribution in [0.15, 0.2) is 36.5 Å². The third-order valence-electron chi connectivity index (χ3n) is 2.59. The van der Waals surface area contributed by atoms with E-state index in [0.29, 0.717) is 4.73 Å². The summed E-state index contributed by atoms with van der Waals surface area (Å²) in [6.45, 7) is 0.0729. The first kappa shape index (κ1) is 14.1. The molecule has 2 N–H and O–H groups in total. The predicted octanol–water partition coefficient (Wildman–Crippen LogP) is 1.70. The van der Waals surface area contributed by atoms with Gasteiger partial charge in [0.25, 0.3) is 0 Å². The van der Waals surface area contributed by atoms with E-state index >= 15 is 0 Å². The standard InChI is InChI=1S/C13H12ClN3O3/c14-6-10-7-16-11(12(15)17(10)19)13(18)20-8-9-4-2-1-3-5-9/h1-5,7,15,19H,6,8H2. The number of nitrogens with zero attached hydrogens (tertiary/aromatic N) is 2. The van der Waals surface area contributed by atoms with Gasteiger partial charge in [-0.2, -0.15) is 4.73 Å². The van der Waals surface area contributed by atoms with Gasteiger partial charge in [-0.3, -0.25) is 5.41 Å². The summed E-state index contributed by atoms with van der Waals surface area (Å²) in [5.74, 6) is -0.794. The van der Waals surface area contributed by atoms with Crippen molar-refractivity contribution in [1.29, 1.82) is 5.41 Å². The molecule has 0 saturated heterocycles. The zero-order chi connectivity index (χ0) is 14.5. The molecular formula is C13H12ClN3O3. The van der Waals surface area contributed by atoms with E-state index in [1.54, 1.807) is 0 Å². The SMILES string of the molecule is N=c1c(C(=O)OCc2ccccc2)ncc(CCl)n1O. The smallest absolute Gasteiger partial charge is 0.361 e. The number of carbonyl (C=O) groups is 1. The number of aromatic nitrogens is 2. The summed E-state index contributed by atoms with van der Waals surface area (Å²) in [5, 5.41) is 17.3. The average molecular weight is 294 g/mol. The van der Waals surface area contributed by atoms with E-state index in [-0.39, 0.29) is 23.9 Å². The van der Waals surface area contributed by atoms with Crippen LogP contribution in [0.1, 0.15) is 21.7 Å². The molecule has 0 fully saturated rings. The monoisotopic (exact) mass is 293 g/mol. The number of hydrogen-bond acceptors (Lipinski definition) is 5. The number of rotatable bonds is 4. The highest BCUT2D eigenvalue weighted by Gasteiger charge is 2.15. The van der Waals surface area contributed by atoms with E-state index < -0.39 is 11.5 Å². The van der Waals surface area contributed by atoms with E-state index in [1.165, 1.54) is 6.20 Å². The molecular weight excluding hydrogens is 282 g/mol. The Labute approximate surface area is 119 Å². The first-order chi connectivity index (χ1) is 9.63. The van der Waals surface area contributed by atoms with Gasteiger partial charge in [0.15, 0.2) is 11.2 Å². The van der Waals surface area contributed by atoms with Crippen molar-refractivity contribution >= 4 is 17.6 Å². The Bertz CT molecular complexity index is 670. The van der Waals surface area contributed by atoms with E-state index in [1.807, 2.05) is 30.3 Å². The van der Waals surface area contributed by atoms with E-state index in [9.17, 15) is 10.0 Å². The van der Waals surface area contributed by atoms with Crippen LogP contribution < -0.4 is 5.49 Å². The van der Waals surface area contributed by atoms with Crippen LogP contribution in [-0.4, -0.2) is 20.9 Å². The number of ether oxygens (including phenoxy) is 1. The summed E-state index contributed by atoms with van der Waals surface area (Å²) >= 11 is 5.56.